The second-order valence-electron chi connectivity index (χ2n) is 7.69. The molecule has 0 saturated heterocycles. The highest BCUT2D eigenvalue weighted by molar-refractivity contribution is 4.56. The predicted octanol–water partition coefficient (Wildman–Crippen LogP) is 8.70. The molecular formula is C23H46. The van der Waals surface area contributed by atoms with Crippen molar-refractivity contribution in [1.82, 2.24) is 0 Å². The first-order valence-electron chi connectivity index (χ1n) is 10.9. The molecule has 0 nitrogen and oxygen atoms in total. The van der Waals surface area contributed by atoms with Crippen molar-refractivity contribution >= 4 is 0 Å². The molecule has 0 amide bonds. The minimum absolute atomic E-state index is 0.948. The van der Waals surface area contributed by atoms with Gasteiger partial charge < -0.3 is 0 Å². The van der Waals surface area contributed by atoms with Crippen LogP contribution < -0.4 is 0 Å². The van der Waals surface area contributed by atoms with E-state index in [1.807, 2.05) is 0 Å². The maximum atomic E-state index is 3.92. The first-order valence-corrected chi connectivity index (χ1v) is 10.9. The zero-order valence-electron chi connectivity index (χ0n) is 16.4. The summed E-state index contributed by atoms with van der Waals surface area (Å²) in [5.74, 6) is 0.948. The topological polar surface area (TPSA) is 0 Å². The lowest BCUT2D eigenvalue weighted by atomic mass is 9.96. The van der Waals surface area contributed by atoms with Gasteiger partial charge in [-0.1, -0.05) is 143 Å². The van der Waals surface area contributed by atoms with Gasteiger partial charge in [-0.3, -0.25) is 0 Å². The van der Waals surface area contributed by atoms with E-state index in [2.05, 4.69) is 20.8 Å². The fourth-order valence-electron chi connectivity index (χ4n) is 3.43. The van der Waals surface area contributed by atoms with Crippen LogP contribution in [0.4, 0.5) is 0 Å². The smallest absolute Gasteiger partial charge is 0.0443 e. The highest BCUT2D eigenvalue weighted by atomic mass is 14.1. The van der Waals surface area contributed by atoms with Crippen molar-refractivity contribution in [1.29, 1.82) is 0 Å². The van der Waals surface area contributed by atoms with Gasteiger partial charge in [0.15, 0.2) is 0 Å². The van der Waals surface area contributed by atoms with Crippen LogP contribution in [0.3, 0.4) is 0 Å². The Morgan fingerprint density at radius 3 is 1.04 bits per heavy atom. The molecule has 0 saturated carbocycles. The molecule has 1 atom stereocenters. The first kappa shape index (κ1) is 23.0. The van der Waals surface area contributed by atoms with E-state index in [1.54, 1.807) is 0 Å². The number of hydrogen-bond donors (Lipinski definition) is 0. The normalized spacial score (nSPS) is 12.7. The van der Waals surface area contributed by atoms with Crippen LogP contribution in [0, 0.1) is 19.8 Å². The van der Waals surface area contributed by atoms with Gasteiger partial charge in [-0.2, -0.15) is 0 Å². The second-order valence-corrected chi connectivity index (χ2v) is 7.69. The van der Waals surface area contributed by atoms with Crippen LogP contribution in [-0.4, -0.2) is 0 Å². The zero-order chi connectivity index (χ0) is 17.0. The van der Waals surface area contributed by atoms with Gasteiger partial charge in [0, 0.05) is 0 Å². The van der Waals surface area contributed by atoms with Crippen LogP contribution in [0.1, 0.15) is 129 Å². The standard InChI is InChI=1S/C23H46/c1-4-6-8-10-11-12-13-14-15-16-17-18-20-22-23(3)21-19-9-7-5-2/h23H,1-2,4-22H2,3H3. The third kappa shape index (κ3) is 20.0. The molecule has 0 bridgehead atoms. The maximum Gasteiger partial charge on any atom is -0.0443 e. The quantitative estimate of drug-likeness (QED) is 0.209. The highest BCUT2D eigenvalue weighted by Gasteiger charge is 2.01. The molecule has 0 aliphatic heterocycles. The maximum absolute atomic E-state index is 3.92. The van der Waals surface area contributed by atoms with E-state index in [1.165, 1.54) is 109 Å². The molecule has 0 spiro atoms. The van der Waals surface area contributed by atoms with E-state index >= 15 is 0 Å². The van der Waals surface area contributed by atoms with Gasteiger partial charge in [-0.25, -0.2) is 0 Å². The number of unbranched alkanes of at least 4 members (excludes halogenated alkanes) is 15. The fraction of sp³-hybridized carbons (Fsp3) is 0.913. The Morgan fingerprint density at radius 1 is 0.435 bits per heavy atom. The van der Waals surface area contributed by atoms with E-state index in [-0.39, 0.29) is 0 Å². The molecule has 0 fully saturated rings. The van der Waals surface area contributed by atoms with Crippen molar-refractivity contribution in [3.63, 3.8) is 0 Å². The lowest BCUT2D eigenvalue weighted by molar-refractivity contribution is 0.434. The van der Waals surface area contributed by atoms with Crippen molar-refractivity contribution in [3.05, 3.63) is 13.8 Å². The zero-order valence-corrected chi connectivity index (χ0v) is 16.4. The van der Waals surface area contributed by atoms with Crippen molar-refractivity contribution in [2.24, 2.45) is 5.92 Å². The molecule has 2 radical (unpaired) electrons. The van der Waals surface area contributed by atoms with Crippen LogP contribution in [0.5, 0.6) is 0 Å². The molecule has 0 heteroatoms. The molecule has 0 N–H and O–H groups in total. The van der Waals surface area contributed by atoms with Crippen molar-refractivity contribution in [2.45, 2.75) is 129 Å². The Morgan fingerprint density at radius 2 is 0.696 bits per heavy atom. The molecular weight excluding hydrogens is 276 g/mol. The Kier molecular flexibility index (Phi) is 20.0. The van der Waals surface area contributed by atoms with E-state index in [9.17, 15) is 0 Å². The number of hydrogen-bond acceptors (Lipinski definition) is 0. The Labute approximate surface area is 149 Å². The third-order valence-corrected chi connectivity index (χ3v) is 5.14. The Hall–Kier alpha value is 0. The summed E-state index contributed by atoms with van der Waals surface area (Å²) in [6.45, 7) is 10.3. The summed E-state index contributed by atoms with van der Waals surface area (Å²) < 4.78 is 0. The second kappa shape index (κ2) is 20.0. The van der Waals surface area contributed by atoms with Gasteiger partial charge in [0.25, 0.3) is 0 Å². The van der Waals surface area contributed by atoms with Gasteiger partial charge in [-0.05, 0) is 5.92 Å². The highest BCUT2D eigenvalue weighted by Crippen LogP contribution is 2.18. The summed E-state index contributed by atoms with van der Waals surface area (Å²) in [7, 11) is 0. The fourth-order valence-corrected chi connectivity index (χ4v) is 3.43. The van der Waals surface area contributed by atoms with E-state index in [0.717, 1.165) is 18.8 Å². The van der Waals surface area contributed by atoms with E-state index in [4.69, 9.17) is 0 Å². The molecule has 0 heterocycles. The monoisotopic (exact) mass is 322 g/mol. The molecule has 23 heavy (non-hydrogen) atoms. The summed E-state index contributed by atoms with van der Waals surface area (Å²) in [6.07, 6.45) is 26.6. The molecule has 0 aromatic heterocycles. The minimum Gasteiger partial charge on any atom is -0.0625 e. The van der Waals surface area contributed by atoms with Gasteiger partial charge >= 0.3 is 0 Å². The molecule has 0 aliphatic rings. The summed E-state index contributed by atoms with van der Waals surface area (Å²) in [5.41, 5.74) is 0. The van der Waals surface area contributed by atoms with Crippen LogP contribution in [0.2, 0.25) is 0 Å². The van der Waals surface area contributed by atoms with Crippen LogP contribution in [-0.2, 0) is 0 Å². The number of rotatable bonds is 19. The van der Waals surface area contributed by atoms with Crippen LogP contribution in [0.15, 0.2) is 0 Å². The molecule has 0 rings (SSSR count). The Balaban J connectivity index is 3.07. The van der Waals surface area contributed by atoms with E-state index in [0.29, 0.717) is 0 Å². The average Bonchev–Trinajstić information content (AvgIpc) is 2.56. The van der Waals surface area contributed by atoms with Gasteiger partial charge in [0.05, 0.1) is 0 Å². The molecule has 0 aromatic rings. The summed E-state index contributed by atoms with van der Waals surface area (Å²) in [6, 6.07) is 0. The minimum atomic E-state index is 0.948. The predicted molar refractivity (Wildman–Crippen MR) is 108 cm³/mol. The molecule has 1 unspecified atom stereocenters. The van der Waals surface area contributed by atoms with Crippen LogP contribution >= 0.6 is 0 Å². The lowest BCUT2D eigenvalue weighted by Crippen LogP contribution is -1.95. The molecule has 0 aliphatic carbocycles. The Bertz CT molecular complexity index is 196. The lowest BCUT2D eigenvalue weighted by Gasteiger charge is -2.10. The summed E-state index contributed by atoms with van der Waals surface area (Å²) in [4.78, 5) is 0. The summed E-state index contributed by atoms with van der Waals surface area (Å²) in [5, 5.41) is 0. The third-order valence-electron chi connectivity index (χ3n) is 5.14. The van der Waals surface area contributed by atoms with Gasteiger partial charge in [-0.15, -0.1) is 0 Å². The summed E-state index contributed by atoms with van der Waals surface area (Å²) >= 11 is 0. The first-order chi connectivity index (χ1) is 11.3. The van der Waals surface area contributed by atoms with Crippen LogP contribution in [0.25, 0.3) is 0 Å². The average molecular weight is 323 g/mol. The van der Waals surface area contributed by atoms with E-state index < -0.39 is 0 Å². The molecule has 0 aromatic carbocycles. The largest absolute Gasteiger partial charge is 0.0625 e. The van der Waals surface area contributed by atoms with Gasteiger partial charge in [0.2, 0.25) is 0 Å². The SMILES string of the molecule is [CH2]CCCCCCCCCCCCCCC(C)CCCCC[CH2]. The van der Waals surface area contributed by atoms with Crippen molar-refractivity contribution < 1.29 is 0 Å². The van der Waals surface area contributed by atoms with Gasteiger partial charge in [0.1, 0.15) is 0 Å². The molecule has 138 valence electrons. The van der Waals surface area contributed by atoms with Crippen molar-refractivity contribution in [3.8, 4) is 0 Å². The van der Waals surface area contributed by atoms with Crippen molar-refractivity contribution in [2.75, 3.05) is 0 Å².